The highest BCUT2D eigenvalue weighted by Gasteiger charge is 2.07. The molecular weight excluding hydrogens is 251 g/mol. The summed E-state index contributed by atoms with van der Waals surface area (Å²) in [4.78, 5) is 11.2. The molecule has 1 unspecified atom stereocenters. The molecule has 5 heteroatoms. The third kappa shape index (κ3) is 4.02. The van der Waals surface area contributed by atoms with Crippen molar-refractivity contribution in [3.05, 3.63) is 29.0 Å². The van der Waals surface area contributed by atoms with Crippen LogP contribution in [0.3, 0.4) is 0 Å². The molecule has 0 aliphatic heterocycles. The molecule has 1 atom stereocenters. The fraction of sp³-hybridized carbons (Fsp3) is 0.364. The second kappa shape index (κ2) is 6.11. The normalized spacial score (nSPS) is 12.4. The van der Waals surface area contributed by atoms with Gasteiger partial charge in [-0.3, -0.25) is 4.21 Å². The first kappa shape index (κ1) is 13.3. The summed E-state index contributed by atoms with van der Waals surface area (Å²) >= 11 is 5.58. The molecule has 0 fully saturated rings. The molecular formula is C11H12ClFO2S. The zero-order chi connectivity index (χ0) is 12.1. The summed E-state index contributed by atoms with van der Waals surface area (Å²) in [6.45, 7) is 1.50. The van der Waals surface area contributed by atoms with Crippen molar-refractivity contribution < 1.29 is 13.4 Å². The van der Waals surface area contributed by atoms with Gasteiger partial charge in [-0.25, -0.2) is 4.39 Å². The highest BCUT2D eigenvalue weighted by molar-refractivity contribution is 7.85. The van der Waals surface area contributed by atoms with Crippen molar-refractivity contribution in [2.24, 2.45) is 0 Å². The van der Waals surface area contributed by atoms with Crippen LogP contribution in [0.15, 0.2) is 23.1 Å². The Kier molecular flexibility index (Phi) is 5.09. The zero-order valence-electron chi connectivity index (χ0n) is 8.83. The maximum absolute atomic E-state index is 12.8. The molecule has 0 heterocycles. The van der Waals surface area contributed by atoms with Crippen LogP contribution in [0.2, 0.25) is 5.02 Å². The van der Waals surface area contributed by atoms with Gasteiger partial charge in [0.2, 0.25) is 0 Å². The largest absolute Gasteiger partial charge is 0.300 e. The highest BCUT2D eigenvalue weighted by atomic mass is 35.5. The van der Waals surface area contributed by atoms with Gasteiger partial charge < -0.3 is 4.79 Å². The van der Waals surface area contributed by atoms with Gasteiger partial charge in [-0.15, -0.1) is 0 Å². The molecule has 16 heavy (non-hydrogen) atoms. The quantitative estimate of drug-likeness (QED) is 0.818. The van der Waals surface area contributed by atoms with E-state index in [1.165, 1.54) is 25.1 Å². The molecule has 1 rings (SSSR count). The molecule has 1 aromatic carbocycles. The fourth-order valence-corrected chi connectivity index (χ4v) is 2.55. The van der Waals surface area contributed by atoms with Crippen molar-refractivity contribution in [2.75, 3.05) is 5.75 Å². The van der Waals surface area contributed by atoms with Gasteiger partial charge in [-0.2, -0.15) is 0 Å². The first-order valence-electron chi connectivity index (χ1n) is 4.83. The SMILES string of the molecule is CC(=O)CCCS(=O)c1ccc(F)c(Cl)c1. The monoisotopic (exact) mass is 262 g/mol. The van der Waals surface area contributed by atoms with E-state index in [1.54, 1.807) is 0 Å². The number of Topliss-reactive ketones (excluding diaryl/α,β-unsaturated/α-hetero) is 1. The van der Waals surface area contributed by atoms with Gasteiger partial charge in [-0.05, 0) is 31.5 Å². The number of carbonyl (C=O) groups excluding carboxylic acids is 1. The first-order valence-corrected chi connectivity index (χ1v) is 6.53. The summed E-state index contributed by atoms with van der Waals surface area (Å²) in [6.07, 6.45) is 0.984. The van der Waals surface area contributed by atoms with E-state index >= 15 is 0 Å². The summed E-state index contributed by atoms with van der Waals surface area (Å²) in [5.41, 5.74) is 0. The molecule has 0 radical (unpaired) electrons. The van der Waals surface area contributed by atoms with Crippen LogP contribution >= 0.6 is 11.6 Å². The van der Waals surface area contributed by atoms with E-state index in [4.69, 9.17) is 11.6 Å². The van der Waals surface area contributed by atoms with Crippen molar-refractivity contribution in [1.29, 1.82) is 0 Å². The maximum Gasteiger partial charge on any atom is 0.141 e. The Morgan fingerprint density at radius 1 is 1.50 bits per heavy atom. The Hall–Kier alpha value is -0.740. The lowest BCUT2D eigenvalue weighted by atomic mass is 10.3. The molecule has 0 saturated carbocycles. The molecule has 88 valence electrons. The fourth-order valence-electron chi connectivity index (χ4n) is 1.19. The average molecular weight is 263 g/mol. The standard InChI is InChI=1S/C11H12ClFO2S/c1-8(14)3-2-6-16(15)9-4-5-11(13)10(12)7-9/h4-5,7H,2-3,6H2,1H3. The van der Waals surface area contributed by atoms with Crippen LogP contribution in [0.4, 0.5) is 4.39 Å². The number of hydrogen-bond donors (Lipinski definition) is 0. The third-order valence-corrected chi connectivity index (χ3v) is 3.74. The number of halogens is 2. The molecule has 0 bridgehead atoms. The summed E-state index contributed by atoms with van der Waals surface area (Å²) in [5.74, 6) is -0.0538. The first-order chi connectivity index (χ1) is 7.50. The topological polar surface area (TPSA) is 34.1 Å². The van der Waals surface area contributed by atoms with Crippen LogP contribution in [0.1, 0.15) is 19.8 Å². The molecule has 0 aromatic heterocycles. The summed E-state index contributed by atoms with van der Waals surface area (Å²) in [6, 6.07) is 4.01. The van der Waals surface area contributed by atoms with Gasteiger partial charge in [-0.1, -0.05) is 11.6 Å². The molecule has 0 saturated heterocycles. The van der Waals surface area contributed by atoms with Crippen LogP contribution in [-0.2, 0) is 15.6 Å². The second-order valence-corrected chi connectivity index (χ2v) is 5.41. The minimum atomic E-state index is -1.22. The molecule has 0 aliphatic carbocycles. The number of ketones is 1. The molecule has 0 N–H and O–H groups in total. The van der Waals surface area contributed by atoms with Crippen LogP contribution in [0.5, 0.6) is 0 Å². The van der Waals surface area contributed by atoms with E-state index < -0.39 is 16.6 Å². The molecule has 2 nitrogen and oxygen atoms in total. The lowest BCUT2D eigenvalue weighted by Gasteiger charge is -2.02. The van der Waals surface area contributed by atoms with Gasteiger partial charge in [0, 0.05) is 17.1 Å². The Morgan fingerprint density at radius 3 is 2.75 bits per heavy atom. The van der Waals surface area contributed by atoms with Crippen LogP contribution in [0, 0.1) is 5.82 Å². The van der Waals surface area contributed by atoms with E-state index in [0.29, 0.717) is 23.5 Å². The summed E-state index contributed by atoms with van der Waals surface area (Å²) in [5, 5.41) is -0.0302. The average Bonchev–Trinajstić information content (AvgIpc) is 2.21. The van der Waals surface area contributed by atoms with Gasteiger partial charge in [0.1, 0.15) is 11.6 Å². The highest BCUT2D eigenvalue weighted by Crippen LogP contribution is 2.18. The van der Waals surface area contributed by atoms with Crippen molar-refractivity contribution in [3.63, 3.8) is 0 Å². The van der Waals surface area contributed by atoms with E-state index in [-0.39, 0.29) is 10.8 Å². The van der Waals surface area contributed by atoms with E-state index in [0.717, 1.165) is 0 Å². The number of rotatable bonds is 5. The van der Waals surface area contributed by atoms with Gasteiger partial charge in [0.25, 0.3) is 0 Å². The predicted molar refractivity (Wildman–Crippen MR) is 62.6 cm³/mol. The van der Waals surface area contributed by atoms with Gasteiger partial charge in [0.15, 0.2) is 0 Å². The predicted octanol–water partition coefficient (Wildman–Crippen LogP) is 2.96. The Morgan fingerprint density at radius 2 is 2.19 bits per heavy atom. The second-order valence-electron chi connectivity index (χ2n) is 3.43. The van der Waals surface area contributed by atoms with Gasteiger partial charge >= 0.3 is 0 Å². The Balaban J connectivity index is 2.59. The third-order valence-electron chi connectivity index (χ3n) is 2.01. The molecule has 0 spiro atoms. The summed E-state index contributed by atoms with van der Waals surface area (Å²) in [7, 11) is -1.22. The summed E-state index contributed by atoms with van der Waals surface area (Å²) < 4.78 is 24.6. The molecule has 0 aliphatic rings. The van der Waals surface area contributed by atoms with Crippen LogP contribution in [-0.4, -0.2) is 15.7 Å². The van der Waals surface area contributed by atoms with E-state index in [2.05, 4.69) is 0 Å². The number of carbonyl (C=O) groups is 1. The van der Waals surface area contributed by atoms with E-state index in [1.807, 2.05) is 0 Å². The van der Waals surface area contributed by atoms with Crippen LogP contribution in [0.25, 0.3) is 0 Å². The smallest absolute Gasteiger partial charge is 0.141 e. The minimum Gasteiger partial charge on any atom is -0.300 e. The van der Waals surface area contributed by atoms with Crippen molar-refractivity contribution in [3.8, 4) is 0 Å². The number of hydrogen-bond acceptors (Lipinski definition) is 2. The lowest BCUT2D eigenvalue weighted by Crippen LogP contribution is -2.01. The maximum atomic E-state index is 12.8. The van der Waals surface area contributed by atoms with Gasteiger partial charge in [0.05, 0.1) is 15.8 Å². The van der Waals surface area contributed by atoms with Crippen molar-refractivity contribution in [2.45, 2.75) is 24.7 Å². The Bertz CT molecular complexity index is 420. The molecule has 1 aromatic rings. The van der Waals surface area contributed by atoms with E-state index in [9.17, 15) is 13.4 Å². The number of benzene rings is 1. The van der Waals surface area contributed by atoms with Crippen molar-refractivity contribution >= 4 is 28.2 Å². The Labute approximate surface area is 101 Å². The molecule has 0 amide bonds. The lowest BCUT2D eigenvalue weighted by molar-refractivity contribution is -0.117. The zero-order valence-corrected chi connectivity index (χ0v) is 10.4. The minimum absolute atomic E-state index is 0.0302. The van der Waals surface area contributed by atoms with Crippen LogP contribution < -0.4 is 0 Å². The van der Waals surface area contributed by atoms with Crippen molar-refractivity contribution in [1.82, 2.24) is 0 Å².